The van der Waals surface area contributed by atoms with Crippen LogP contribution in [0.4, 0.5) is 4.79 Å². The fraction of sp³-hybridized carbons (Fsp3) is 0.438. The molecule has 1 aromatic carbocycles. The summed E-state index contributed by atoms with van der Waals surface area (Å²) < 4.78 is 5.21. The minimum absolute atomic E-state index is 0.237. The second-order valence-corrected chi connectivity index (χ2v) is 5.70. The predicted octanol–water partition coefficient (Wildman–Crippen LogP) is 1.75. The van der Waals surface area contributed by atoms with Crippen molar-refractivity contribution in [1.82, 2.24) is 10.2 Å². The minimum Gasteiger partial charge on any atom is -0.496 e. The first-order chi connectivity index (χ1) is 10.2. The van der Waals surface area contributed by atoms with Gasteiger partial charge in [0.2, 0.25) is 0 Å². The van der Waals surface area contributed by atoms with E-state index in [0.717, 1.165) is 10.5 Å². The third-order valence-electron chi connectivity index (χ3n) is 4.17. The van der Waals surface area contributed by atoms with Gasteiger partial charge in [-0.15, -0.1) is 0 Å². The zero-order chi connectivity index (χ0) is 16.7. The second kappa shape index (κ2) is 5.44. The summed E-state index contributed by atoms with van der Waals surface area (Å²) >= 11 is 0. The Hall–Kier alpha value is -2.37. The Balaban J connectivity index is 2.43. The second-order valence-electron chi connectivity index (χ2n) is 5.70. The van der Waals surface area contributed by atoms with Gasteiger partial charge in [0.1, 0.15) is 11.3 Å². The van der Waals surface area contributed by atoms with E-state index >= 15 is 0 Å². The van der Waals surface area contributed by atoms with E-state index in [2.05, 4.69) is 5.32 Å². The Bertz CT molecular complexity index is 656. The van der Waals surface area contributed by atoms with Crippen molar-refractivity contribution in [2.45, 2.75) is 39.3 Å². The minimum atomic E-state index is -1.18. The molecular formula is C16H20N2O4. The van der Waals surface area contributed by atoms with Crippen LogP contribution in [0.15, 0.2) is 18.2 Å². The lowest BCUT2D eigenvalue weighted by molar-refractivity contribution is -0.136. The number of aryl methyl sites for hydroxylation is 1. The molecule has 1 fully saturated rings. The van der Waals surface area contributed by atoms with E-state index in [9.17, 15) is 14.4 Å². The maximum absolute atomic E-state index is 12.7. The average Bonchev–Trinajstić information content (AvgIpc) is 2.69. The number of amides is 3. The molecule has 3 amide bonds. The number of ketones is 1. The number of imide groups is 1. The summed E-state index contributed by atoms with van der Waals surface area (Å²) in [6.07, 6.45) is 0. The molecule has 118 valence electrons. The van der Waals surface area contributed by atoms with Crippen molar-refractivity contribution in [1.29, 1.82) is 0 Å². The van der Waals surface area contributed by atoms with Gasteiger partial charge in [0.15, 0.2) is 5.78 Å². The molecule has 0 aromatic heterocycles. The standard InChI is InChI=1S/C16H20N2O4/c1-9-8-12(6-7-13(9)22-5)16(4)14(20)18(15(21)17-16)10(2)11(3)19/h6-8,10H,1-5H3,(H,17,21). The van der Waals surface area contributed by atoms with Crippen LogP contribution in [-0.4, -0.2) is 35.8 Å². The number of hydrogen-bond donors (Lipinski definition) is 1. The fourth-order valence-electron chi connectivity index (χ4n) is 2.58. The number of nitrogens with zero attached hydrogens (tertiary/aromatic N) is 1. The number of Topliss-reactive ketones (excluding diaryl/α,β-unsaturated/α-hetero) is 1. The highest BCUT2D eigenvalue weighted by Gasteiger charge is 2.51. The van der Waals surface area contributed by atoms with Crippen LogP contribution in [0.2, 0.25) is 0 Å². The number of methoxy groups -OCH3 is 1. The summed E-state index contributed by atoms with van der Waals surface area (Å²) in [4.78, 5) is 37.4. The smallest absolute Gasteiger partial charge is 0.325 e. The monoisotopic (exact) mass is 304 g/mol. The van der Waals surface area contributed by atoms with E-state index in [1.54, 1.807) is 39.2 Å². The van der Waals surface area contributed by atoms with Crippen LogP contribution in [0.5, 0.6) is 5.75 Å². The molecule has 6 nitrogen and oxygen atoms in total. The molecule has 1 heterocycles. The van der Waals surface area contributed by atoms with Crippen molar-refractivity contribution in [3.63, 3.8) is 0 Å². The first-order valence-corrected chi connectivity index (χ1v) is 7.03. The third kappa shape index (κ3) is 2.34. The van der Waals surface area contributed by atoms with Gasteiger partial charge >= 0.3 is 6.03 Å². The van der Waals surface area contributed by atoms with Crippen LogP contribution >= 0.6 is 0 Å². The summed E-state index contributed by atoms with van der Waals surface area (Å²) in [6, 6.07) is 3.97. The molecule has 1 saturated heterocycles. The molecule has 0 bridgehead atoms. The molecule has 2 atom stereocenters. The molecule has 2 unspecified atom stereocenters. The maximum Gasteiger partial charge on any atom is 0.325 e. The van der Waals surface area contributed by atoms with Crippen LogP contribution in [0.1, 0.15) is 31.9 Å². The van der Waals surface area contributed by atoms with Crippen molar-refractivity contribution in [3.05, 3.63) is 29.3 Å². The van der Waals surface area contributed by atoms with Gasteiger partial charge in [-0.3, -0.25) is 14.5 Å². The molecule has 1 N–H and O–H groups in total. The number of ether oxygens (including phenoxy) is 1. The molecule has 0 radical (unpaired) electrons. The summed E-state index contributed by atoms with van der Waals surface area (Å²) in [7, 11) is 1.57. The van der Waals surface area contributed by atoms with Crippen molar-refractivity contribution >= 4 is 17.7 Å². The molecule has 0 aliphatic carbocycles. The molecule has 1 aliphatic rings. The molecule has 22 heavy (non-hydrogen) atoms. The number of benzene rings is 1. The van der Waals surface area contributed by atoms with Gasteiger partial charge in [-0.2, -0.15) is 0 Å². The molecule has 6 heteroatoms. The number of urea groups is 1. The Morgan fingerprint density at radius 3 is 2.50 bits per heavy atom. The molecule has 1 aliphatic heterocycles. The summed E-state index contributed by atoms with van der Waals surface area (Å²) in [5.41, 5.74) is 0.335. The predicted molar refractivity (Wildman–Crippen MR) is 80.6 cm³/mol. The lowest BCUT2D eigenvalue weighted by atomic mass is 9.90. The normalized spacial score (nSPS) is 22.5. The topological polar surface area (TPSA) is 75.7 Å². The number of nitrogens with one attached hydrogen (secondary N) is 1. The van der Waals surface area contributed by atoms with Gasteiger partial charge in [0.05, 0.1) is 13.2 Å². The first kappa shape index (κ1) is 16.0. The van der Waals surface area contributed by atoms with Gasteiger partial charge in [-0.05, 0) is 51.0 Å². The lowest BCUT2D eigenvalue weighted by Gasteiger charge is -2.24. The summed E-state index contributed by atoms with van der Waals surface area (Å²) in [5.74, 6) is 0.0431. The highest BCUT2D eigenvalue weighted by molar-refractivity contribution is 6.09. The van der Waals surface area contributed by atoms with Crippen molar-refractivity contribution in [3.8, 4) is 5.75 Å². The fourth-order valence-corrected chi connectivity index (χ4v) is 2.58. The molecule has 0 saturated carbocycles. The zero-order valence-electron chi connectivity index (χ0n) is 13.4. The van der Waals surface area contributed by atoms with Gasteiger partial charge in [-0.25, -0.2) is 4.79 Å². The van der Waals surface area contributed by atoms with Crippen LogP contribution < -0.4 is 10.1 Å². The van der Waals surface area contributed by atoms with Gasteiger partial charge in [0, 0.05) is 0 Å². The first-order valence-electron chi connectivity index (χ1n) is 7.03. The van der Waals surface area contributed by atoms with E-state index in [4.69, 9.17) is 4.74 Å². The third-order valence-corrected chi connectivity index (χ3v) is 4.17. The van der Waals surface area contributed by atoms with E-state index in [0.29, 0.717) is 11.3 Å². The van der Waals surface area contributed by atoms with E-state index in [1.807, 2.05) is 6.92 Å². The highest BCUT2D eigenvalue weighted by Crippen LogP contribution is 2.32. The number of hydrogen-bond acceptors (Lipinski definition) is 4. The van der Waals surface area contributed by atoms with Crippen molar-refractivity contribution in [2.75, 3.05) is 7.11 Å². The number of rotatable bonds is 4. The number of carbonyl (C=O) groups is 3. The Labute approximate surface area is 129 Å². The van der Waals surface area contributed by atoms with Gasteiger partial charge in [-0.1, -0.05) is 6.07 Å². The maximum atomic E-state index is 12.7. The SMILES string of the molecule is COc1ccc(C2(C)NC(=O)N(C(C)C(C)=O)C2=O)cc1C. The summed E-state index contributed by atoms with van der Waals surface area (Å²) in [6.45, 7) is 6.41. The van der Waals surface area contributed by atoms with Gasteiger partial charge < -0.3 is 10.1 Å². The van der Waals surface area contributed by atoms with Crippen LogP contribution in [0, 0.1) is 6.92 Å². The Morgan fingerprint density at radius 2 is 2.00 bits per heavy atom. The quantitative estimate of drug-likeness (QED) is 0.860. The van der Waals surface area contributed by atoms with Crippen molar-refractivity contribution < 1.29 is 19.1 Å². The van der Waals surface area contributed by atoms with E-state index in [1.165, 1.54) is 6.92 Å². The van der Waals surface area contributed by atoms with Crippen molar-refractivity contribution in [2.24, 2.45) is 0 Å². The van der Waals surface area contributed by atoms with E-state index < -0.39 is 23.5 Å². The zero-order valence-corrected chi connectivity index (χ0v) is 13.4. The molecule has 2 rings (SSSR count). The largest absolute Gasteiger partial charge is 0.496 e. The average molecular weight is 304 g/mol. The van der Waals surface area contributed by atoms with Crippen LogP contribution in [0.3, 0.4) is 0 Å². The van der Waals surface area contributed by atoms with E-state index in [-0.39, 0.29) is 5.78 Å². The molecule has 0 spiro atoms. The lowest BCUT2D eigenvalue weighted by Crippen LogP contribution is -2.44. The van der Waals surface area contributed by atoms with Gasteiger partial charge in [0.25, 0.3) is 5.91 Å². The molecular weight excluding hydrogens is 284 g/mol. The molecule has 1 aromatic rings. The Kier molecular flexibility index (Phi) is 3.96. The Morgan fingerprint density at radius 1 is 1.36 bits per heavy atom. The van der Waals surface area contributed by atoms with Crippen LogP contribution in [-0.2, 0) is 15.1 Å². The number of carbonyl (C=O) groups excluding carboxylic acids is 3. The van der Waals surface area contributed by atoms with Crippen LogP contribution in [0.25, 0.3) is 0 Å². The highest BCUT2D eigenvalue weighted by atomic mass is 16.5. The summed E-state index contributed by atoms with van der Waals surface area (Å²) in [5, 5.41) is 2.69.